The molecule has 0 bridgehead atoms. The van der Waals surface area contributed by atoms with E-state index in [1.807, 2.05) is 61.5 Å². The second kappa shape index (κ2) is 9.32. The van der Waals surface area contributed by atoms with Crippen molar-refractivity contribution in [1.82, 2.24) is 0 Å². The van der Waals surface area contributed by atoms with E-state index in [-0.39, 0.29) is 11.8 Å². The molecule has 0 spiro atoms. The largest absolute Gasteiger partial charge is 0.493 e. The van der Waals surface area contributed by atoms with Crippen molar-refractivity contribution in [2.45, 2.75) is 12.7 Å². The highest BCUT2D eigenvalue weighted by Crippen LogP contribution is 2.41. The maximum atomic E-state index is 13.5. The third-order valence-corrected chi connectivity index (χ3v) is 6.38. The predicted molar refractivity (Wildman–Crippen MR) is 128 cm³/mol. The Morgan fingerprint density at radius 2 is 1.50 bits per heavy atom. The third-order valence-electron chi connectivity index (χ3n) is 5.23. The molecule has 162 valence electrons. The first-order valence-electron chi connectivity index (χ1n) is 10.1. The van der Waals surface area contributed by atoms with Gasteiger partial charge in [-0.3, -0.25) is 9.59 Å². The second-order valence-corrected chi connectivity index (χ2v) is 8.32. The lowest BCUT2D eigenvalue weighted by atomic mass is 10.0. The fourth-order valence-electron chi connectivity index (χ4n) is 3.55. The highest BCUT2D eigenvalue weighted by atomic mass is 32.2. The van der Waals surface area contributed by atoms with Crippen molar-refractivity contribution >= 4 is 34.8 Å². The summed E-state index contributed by atoms with van der Waals surface area (Å²) in [6.45, 7) is 1.99. The van der Waals surface area contributed by atoms with E-state index in [1.165, 1.54) is 23.8 Å². The number of rotatable bonds is 7. The number of amides is 2. The van der Waals surface area contributed by atoms with E-state index < -0.39 is 0 Å². The first kappa shape index (κ1) is 21.7. The molecule has 1 aliphatic rings. The molecule has 3 aromatic rings. The molecule has 0 unspecified atom stereocenters. The Balaban J connectivity index is 1.75. The fourth-order valence-corrected chi connectivity index (χ4v) is 4.61. The molecule has 32 heavy (non-hydrogen) atoms. The van der Waals surface area contributed by atoms with Gasteiger partial charge in [-0.1, -0.05) is 60.2 Å². The van der Waals surface area contributed by atoms with Crippen molar-refractivity contribution in [3.63, 3.8) is 0 Å². The van der Waals surface area contributed by atoms with Gasteiger partial charge in [0.2, 0.25) is 0 Å². The average molecular weight is 446 g/mol. The van der Waals surface area contributed by atoms with Crippen LogP contribution >= 0.6 is 11.8 Å². The SMILES string of the molecule is COc1ccc(N2C(=O)C(SCc3ccccc3)=C(c3ccc(C)cc3)C2=O)cc1OC. The lowest BCUT2D eigenvalue weighted by Crippen LogP contribution is -2.31. The van der Waals surface area contributed by atoms with Crippen LogP contribution < -0.4 is 14.4 Å². The van der Waals surface area contributed by atoms with Crippen LogP contribution in [0.15, 0.2) is 77.7 Å². The Labute approximate surface area is 191 Å². The van der Waals surface area contributed by atoms with Gasteiger partial charge in [0.25, 0.3) is 11.8 Å². The first-order valence-corrected chi connectivity index (χ1v) is 11.1. The first-order chi connectivity index (χ1) is 15.5. The van der Waals surface area contributed by atoms with Crippen LogP contribution in [0, 0.1) is 6.92 Å². The van der Waals surface area contributed by atoms with E-state index in [4.69, 9.17) is 9.47 Å². The number of methoxy groups -OCH3 is 2. The van der Waals surface area contributed by atoms with Gasteiger partial charge in [0.15, 0.2) is 11.5 Å². The minimum atomic E-state index is -0.346. The van der Waals surface area contributed by atoms with Crippen LogP contribution in [-0.2, 0) is 15.3 Å². The van der Waals surface area contributed by atoms with Crippen LogP contribution in [0.4, 0.5) is 5.69 Å². The maximum absolute atomic E-state index is 13.5. The molecule has 0 atom stereocenters. The zero-order valence-electron chi connectivity index (χ0n) is 18.1. The number of aryl methyl sites for hydroxylation is 1. The summed E-state index contributed by atoms with van der Waals surface area (Å²) in [5.74, 6) is 0.888. The Morgan fingerprint density at radius 1 is 0.812 bits per heavy atom. The molecule has 0 aliphatic carbocycles. The number of hydrogen-bond donors (Lipinski definition) is 0. The number of hydrogen-bond acceptors (Lipinski definition) is 5. The molecule has 1 heterocycles. The second-order valence-electron chi connectivity index (χ2n) is 7.33. The Morgan fingerprint density at radius 3 is 2.16 bits per heavy atom. The fraction of sp³-hybridized carbons (Fsp3) is 0.154. The van der Waals surface area contributed by atoms with Gasteiger partial charge in [0.05, 0.1) is 30.4 Å². The number of benzene rings is 3. The molecule has 0 saturated heterocycles. The van der Waals surface area contributed by atoms with Crippen LogP contribution in [0.3, 0.4) is 0 Å². The van der Waals surface area contributed by atoms with Gasteiger partial charge < -0.3 is 9.47 Å². The molecule has 2 amide bonds. The van der Waals surface area contributed by atoms with E-state index in [2.05, 4.69) is 0 Å². The summed E-state index contributed by atoms with van der Waals surface area (Å²) < 4.78 is 10.7. The number of thioether (sulfide) groups is 1. The Bertz CT molecular complexity index is 1190. The number of ether oxygens (including phenoxy) is 2. The highest BCUT2D eigenvalue weighted by Gasteiger charge is 2.40. The third kappa shape index (κ3) is 4.14. The molecule has 0 aromatic heterocycles. The van der Waals surface area contributed by atoms with Crippen LogP contribution in [-0.4, -0.2) is 26.0 Å². The highest BCUT2D eigenvalue weighted by molar-refractivity contribution is 8.03. The van der Waals surface area contributed by atoms with Gasteiger partial charge in [0.1, 0.15) is 0 Å². The van der Waals surface area contributed by atoms with Crippen molar-refractivity contribution in [2.75, 3.05) is 19.1 Å². The van der Waals surface area contributed by atoms with Gasteiger partial charge in [0, 0.05) is 11.8 Å². The summed E-state index contributed by atoms with van der Waals surface area (Å²) in [4.78, 5) is 28.7. The molecule has 5 nitrogen and oxygen atoms in total. The van der Waals surface area contributed by atoms with Crippen molar-refractivity contribution in [3.8, 4) is 11.5 Å². The van der Waals surface area contributed by atoms with Gasteiger partial charge in [-0.2, -0.15) is 0 Å². The standard InChI is InChI=1S/C26H23NO4S/c1-17-9-11-19(12-10-17)23-24(32-16-18-7-5-4-6-8-18)26(29)27(25(23)28)20-13-14-21(30-2)22(15-20)31-3/h4-15H,16H2,1-3H3. The van der Waals surface area contributed by atoms with Crippen molar-refractivity contribution < 1.29 is 19.1 Å². The van der Waals surface area contributed by atoms with Gasteiger partial charge in [-0.05, 0) is 30.2 Å². The molecule has 6 heteroatoms. The van der Waals surface area contributed by atoms with Crippen molar-refractivity contribution in [1.29, 1.82) is 0 Å². The normalized spacial score (nSPS) is 13.7. The Hall–Kier alpha value is -3.51. The average Bonchev–Trinajstić information content (AvgIpc) is 3.07. The molecule has 1 aliphatic heterocycles. The molecule has 0 fully saturated rings. The Kier molecular flexibility index (Phi) is 6.32. The van der Waals surface area contributed by atoms with Gasteiger partial charge >= 0.3 is 0 Å². The zero-order chi connectivity index (χ0) is 22.7. The van der Waals surface area contributed by atoms with Crippen LogP contribution in [0.25, 0.3) is 5.57 Å². The topological polar surface area (TPSA) is 55.8 Å². The molecule has 3 aromatic carbocycles. The molecule has 4 rings (SSSR count). The lowest BCUT2D eigenvalue weighted by Gasteiger charge is -2.17. The summed E-state index contributed by atoms with van der Waals surface area (Å²) in [7, 11) is 3.06. The molecule has 0 saturated carbocycles. The number of imide groups is 1. The summed E-state index contributed by atoms with van der Waals surface area (Å²) in [6, 6.07) is 22.6. The van der Waals surface area contributed by atoms with E-state index in [9.17, 15) is 9.59 Å². The summed E-state index contributed by atoms with van der Waals surface area (Å²) in [5.41, 5.74) is 3.76. The lowest BCUT2D eigenvalue weighted by molar-refractivity contribution is -0.119. The van der Waals surface area contributed by atoms with Crippen LogP contribution in [0.5, 0.6) is 11.5 Å². The predicted octanol–water partition coefficient (Wildman–Crippen LogP) is 5.23. The van der Waals surface area contributed by atoms with Crippen molar-refractivity contribution in [3.05, 3.63) is 94.4 Å². The smallest absolute Gasteiger partial charge is 0.272 e. The van der Waals surface area contributed by atoms with E-state index in [0.717, 1.165) is 16.7 Å². The minimum Gasteiger partial charge on any atom is -0.493 e. The van der Waals surface area contributed by atoms with Crippen LogP contribution in [0.1, 0.15) is 16.7 Å². The quantitative estimate of drug-likeness (QED) is 0.466. The monoisotopic (exact) mass is 445 g/mol. The van der Waals surface area contributed by atoms with E-state index >= 15 is 0 Å². The number of carbonyl (C=O) groups is 2. The molecule has 0 N–H and O–H groups in total. The zero-order valence-corrected chi connectivity index (χ0v) is 18.9. The molecular formula is C26H23NO4S. The summed E-state index contributed by atoms with van der Waals surface area (Å²) in [5, 5.41) is 0. The van der Waals surface area contributed by atoms with E-state index in [1.54, 1.807) is 25.3 Å². The van der Waals surface area contributed by atoms with Crippen molar-refractivity contribution in [2.24, 2.45) is 0 Å². The number of nitrogens with zero attached hydrogens (tertiary/aromatic N) is 1. The maximum Gasteiger partial charge on any atom is 0.272 e. The summed E-state index contributed by atoms with van der Waals surface area (Å²) in [6.07, 6.45) is 0. The number of carbonyl (C=O) groups excluding carboxylic acids is 2. The minimum absolute atomic E-state index is 0.335. The summed E-state index contributed by atoms with van der Waals surface area (Å²) >= 11 is 1.38. The molecule has 0 radical (unpaired) electrons. The van der Waals surface area contributed by atoms with Gasteiger partial charge in [-0.25, -0.2) is 4.90 Å². The van der Waals surface area contributed by atoms with Gasteiger partial charge in [-0.15, -0.1) is 11.8 Å². The molecular weight excluding hydrogens is 422 g/mol. The number of anilines is 1. The van der Waals surface area contributed by atoms with E-state index in [0.29, 0.717) is 33.4 Å². The van der Waals surface area contributed by atoms with Crippen LogP contribution in [0.2, 0.25) is 0 Å².